The van der Waals surface area contributed by atoms with Gasteiger partial charge in [-0.15, -0.1) is 13.2 Å². The Kier molecular flexibility index (Phi) is 7.40. The van der Waals surface area contributed by atoms with Crippen molar-refractivity contribution in [2.24, 2.45) is 10.7 Å². The molecule has 4 N–H and O–H groups in total. The predicted molar refractivity (Wildman–Crippen MR) is 114 cm³/mol. The van der Waals surface area contributed by atoms with Crippen molar-refractivity contribution >= 4 is 11.6 Å². The van der Waals surface area contributed by atoms with Crippen molar-refractivity contribution < 1.29 is 22.6 Å². The lowest BCUT2D eigenvalue weighted by Crippen LogP contribution is -2.53. The average molecular weight is 436 g/mol. The van der Waals surface area contributed by atoms with E-state index < -0.39 is 6.36 Å². The van der Waals surface area contributed by atoms with Crippen LogP contribution in [0, 0.1) is 0 Å². The van der Waals surface area contributed by atoms with E-state index in [0.29, 0.717) is 25.4 Å². The minimum absolute atomic E-state index is 0.130. The molecule has 1 heterocycles. The average Bonchev–Trinajstić information content (AvgIpc) is 2.74. The van der Waals surface area contributed by atoms with E-state index in [2.05, 4.69) is 39.4 Å². The van der Waals surface area contributed by atoms with Crippen molar-refractivity contribution in [1.29, 1.82) is 0 Å². The summed E-state index contributed by atoms with van der Waals surface area (Å²) >= 11 is 0. The first-order chi connectivity index (χ1) is 14.7. The number of aliphatic imine (C=N–C) groups is 1. The Hall–Kier alpha value is -2.78. The molecule has 0 aromatic heterocycles. The van der Waals surface area contributed by atoms with Crippen LogP contribution in [0.2, 0.25) is 0 Å². The standard InChI is InChI=1S/C22H27F3N4O2/c1-16(17-5-3-2-4-6-17)29-21(11-13-30-14-12-21)15-27-20(26)28-18-7-9-19(10-8-18)31-22(23,24)25/h2-10,16,29H,11-15H2,1H3,(H3,26,27,28). The maximum atomic E-state index is 12.3. The molecule has 1 aliphatic heterocycles. The number of anilines is 1. The zero-order valence-corrected chi connectivity index (χ0v) is 17.3. The summed E-state index contributed by atoms with van der Waals surface area (Å²) in [7, 11) is 0. The maximum absolute atomic E-state index is 12.3. The molecular formula is C22H27F3N4O2. The number of alkyl halides is 3. The number of nitrogens with one attached hydrogen (secondary N) is 2. The highest BCUT2D eigenvalue weighted by molar-refractivity contribution is 5.92. The van der Waals surface area contributed by atoms with Gasteiger partial charge in [0.25, 0.3) is 0 Å². The summed E-state index contributed by atoms with van der Waals surface area (Å²) in [5.41, 5.74) is 7.47. The SMILES string of the molecule is CC(NC1(CN=C(N)Nc2ccc(OC(F)(F)F)cc2)CCOCC1)c1ccccc1. The van der Waals surface area contributed by atoms with Crippen LogP contribution >= 0.6 is 0 Å². The molecule has 1 unspecified atom stereocenters. The first-order valence-corrected chi connectivity index (χ1v) is 10.1. The number of hydrogen-bond acceptors (Lipinski definition) is 4. The van der Waals surface area contributed by atoms with Gasteiger partial charge in [0, 0.05) is 30.5 Å². The van der Waals surface area contributed by atoms with Crippen LogP contribution in [-0.4, -0.2) is 37.6 Å². The van der Waals surface area contributed by atoms with Gasteiger partial charge in [0.15, 0.2) is 5.96 Å². The molecule has 1 saturated heterocycles. The number of benzene rings is 2. The summed E-state index contributed by atoms with van der Waals surface area (Å²) < 4.78 is 46.2. The third-order valence-electron chi connectivity index (χ3n) is 5.18. The molecule has 1 fully saturated rings. The molecule has 9 heteroatoms. The van der Waals surface area contributed by atoms with Crippen molar-refractivity contribution in [2.45, 2.75) is 37.7 Å². The van der Waals surface area contributed by atoms with Crippen molar-refractivity contribution in [3.63, 3.8) is 0 Å². The summed E-state index contributed by atoms with van der Waals surface area (Å²) in [6.45, 7) is 3.83. The van der Waals surface area contributed by atoms with Crippen LogP contribution in [0.3, 0.4) is 0 Å². The molecule has 1 atom stereocenters. The molecule has 6 nitrogen and oxygen atoms in total. The molecule has 0 bridgehead atoms. The van der Waals surface area contributed by atoms with E-state index in [-0.39, 0.29) is 23.3 Å². The third kappa shape index (κ3) is 7.15. The Morgan fingerprint density at radius 1 is 1.13 bits per heavy atom. The van der Waals surface area contributed by atoms with E-state index >= 15 is 0 Å². The number of hydrogen-bond donors (Lipinski definition) is 3. The van der Waals surface area contributed by atoms with E-state index in [1.165, 1.54) is 29.8 Å². The summed E-state index contributed by atoms with van der Waals surface area (Å²) in [6, 6.07) is 15.6. The van der Waals surface area contributed by atoms with E-state index in [1.54, 1.807) is 0 Å². The molecule has 0 spiro atoms. The fourth-order valence-corrected chi connectivity index (χ4v) is 3.56. The number of ether oxygens (including phenoxy) is 2. The predicted octanol–water partition coefficient (Wildman–Crippen LogP) is 4.21. The maximum Gasteiger partial charge on any atom is 0.573 e. The van der Waals surface area contributed by atoms with Gasteiger partial charge in [0.05, 0.1) is 6.54 Å². The molecule has 0 saturated carbocycles. The zero-order chi connectivity index (χ0) is 22.3. The van der Waals surface area contributed by atoms with Gasteiger partial charge >= 0.3 is 6.36 Å². The Balaban J connectivity index is 1.63. The van der Waals surface area contributed by atoms with Crippen molar-refractivity contribution in [3.8, 4) is 5.75 Å². The summed E-state index contributed by atoms with van der Waals surface area (Å²) in [4.78, 5) is 4.50. The molecule has 3 rings (SSSR count). The number of nitrogens with zero attached hydrogens (tertiary/aromatic N) is 1. The second-order valence-corrected chi connectivity index (χ2v) is 7.57. The topological polar surface area (TPSA) is 80.9 Å². The lowest BCUT2D eigenvalue weighted by Gasteiger charge is -2.39. The minimum Gasteiger partial charge on any atom is -0.406 e. The van der Waals surface area contributed by atoms with E-state index in [9.17, 15) is 13.2 Å². The summed E-state index contributed by atoms with van der Waals surface area (Å²) in [6.07, 6.45) is -3.13. The van der Waals surface area contributed by atoms with Gasteiger partial charge in [0.2, 0.25) is 0 Å². The molecule has 0 aliphatic carbocycles. The van der Waals surface area contributed by atoms with Gasteiger partial charge in [-0.1, -0.05) is 30.3 Å². The quantitative estimate of drug-likeness (QED) is 0.448. The normalized spacial score (nSPS) is 17.7. The van der Waals surface area contributed by atoms with E-state index in [4.69, 9.17) is 10.5 Å². The number of rotatable bonds is 7. The second kappa shape index (κ2) is 10.0. The highest BCUT2D eigenvalue weighted by Crippen LogP contribution is 2.26. The molecule has 1 aliphatic rings. The molecule has 168 valence electrons. The summed E-state index contributed by atoms with van der Waals surface area (Å²) in [5, 5.41) is 6.61. The number of halogens is 3. The highest BCUT2D eigenvalue weighted by Gasteiger charge is 2.34. The van der Waals surface area contributed by atoms with Gasteiger partial charge in [-0.25, -0.2) is 0 Å². The van der Waals surface area contributed by atoms with Crippen molar-refractivity contribution in [2.75, 3.05) is 25.1 Å². The van der Waals surface area contributed by atoms with Gasteiger partial charge in [0.1, 0.15) is 5.75 Å². The van der Waals surface area contributed by atoms with Gasteiger partial charge in [-0.05, 0) is 49.6 Å². The molecule has 0 amide bonds. The van der Waals surface area contributed by atoms with Crippen LogP contribution in [0.15, 0.2) is 59.6 Å². The second-order valence-electron chi connectivity index (χ2n) is 7.57. The molecule has 2 aromatic rings. The first-order valence-electron chi connectivity index (χ1n) is 10.1. The van der Waals surface area contributed by atoms with Gasteiger partial charge < -0.3 is 25.8 Å². The monoisotopic (exact) mass is 436 g/mol. The minimum atomic E-state index is -4.72. The Labute approximate surface area is 179 Å². The lowest BCUT2D eigenvalue weighted by molar-refractivity contribution is -0.274. The Bertz CT molecular complexity index is 851. The third-order valence-corrected chi connectivity index (χ3v) is 5.18. The fourth-order valence-electron chi connectivity index (χ4n) is 3.56. The van der Waals surface area contributed by atoms with Crippen LogP contribution in [0.4, 0.5) is 18.9 Å². The molecule has 31 heavy (non-hydrogen) atoms. The van der Waals surface area contributed by atoms with Crippen LogP contribution in [0.1, 0.15) is 31.4 Å². The van der Waals surface area contributed by atoms with Crippen molar-refractivity contribution in [1.82, 2.24) is 5.32 Å². The number of guanidine groups is 1. The largest absolute Gasteiger partial charge is 0.573 e. The molecule has 2 aromatic carbocycles. The zero-order valence-electron chi connectivity index (χ0n) is 17.3. The van der Waals surface area contributed by atoms with Crippen LogP contribution in [-0.2, 0) is 4.74 Å². The summed E-state index contributed by atoms with van der Waals surface area (Å²) in [5.74, 6) is -0.113. The Morgan fingerprint density at radius 2 is 1.77 bits per heavy atom. The molecular weight excluding hydrogens is 409 g/mol. The fraction of sp³-hybridized carbons (Fsp3) is 0.409. The first kappa shape index (κ1) is 22.9. The van der Waals surface area contributed by atoms with E-state index in [1.807, 2.05) is 18.2 Å². The highest BCUT2D eigenvalue weighted by atomic mass is 19.4. The van der Waals surface area contributed by atoms with Crippen LogP contribution in [0.25, 0.3) is 0 Å². The van der Waals surface area contributed by atoms with Gasteiger partial charge in [-0.2, -0.15) is 0 Å². The van der Waals surface area contributed by atoms with Gasteiger partial charge in [-0.3, -0.25) is 4.99 Å². The Morgan fingerprint density at radius 3 is 2.39 bits per heavy atom. The molecule has 0 radical (unpaired) electrons. The van der Waals surface area contributed by atoms with E-state index in [0.717, 1.165) is 12.8 Å². The van der Waals surface area contributed by atoms with Crippen molar-refractivity contribution in [3.05, 3.63) is 60.2 Å². The number of nitrogens with two attached hydrogens (primary N) is 1. The smallest absolute Gasteiger partial charge is 0.406 e. The lowest BCUT2D eigenvalue weighted by atomic mass is 9.88. The van der Waals surface area contributed by atoms with Crippen LogP contribution in [0.5, 0.6) is 5.75 Å². The van der Waals surface area contributed by atoms with Crippen LogP contribution < -0.4 is 21.1 Å².